The average Bonchev–Trinajstić information content (AvgIpc) is 2.47. The van der Waals surface area contributed by atoms with Gasteiger partial charge >= 0.3 is 0 Å². The zero-order valence-electron chi connectivity index (χ0n) is 12.6. The Morgan fingerprint density at radius 2 is 2.35 bits per heavy atom. The van der Waals surface area contributed by atoms with Crippen LogP contribution in [0.2, 0.25) is 0 Å². The molecular formula is C15H24N4O. The van der Waals surface area contributed by atoms with Crippen molar-refractivity contribution in [2.24, 2.45) is 0 Å². The third kappa shape index (κ3) is 3.70. The lowest BCUT2D eigenvalue weighted by Crippen LogP contribution is -2.43. The third-order valence-corrected chi connectivity index (χ3v) is 3.74. The van der Waals surface area contributed by atoms with Gasteiger partial charge in [0.25, 0.3) is 0 Å². The Labute approximate surface area is 121 Å². The molecule has 2 rings (SSSR count). The monoisotopic (exact) mass is 276 g/mol. The number of hydrogen-bond acceptors (Lipinski definition) is 4. The van der Waals surface area contributed by atoms with Gasteiger partial charge in [-0.1, -0.05) is 0 Å². The molecule has 0 bridgehead atoms. The van der Waals surface area contributed by atoms with Gasteiger partial charge in [0.15, 0.2) is 0 Å². The molecule has 1 aromatic rings. The summed E-state index contributed by atoms with van der Waals surface area (Å²) in [4.78, 5) is 20.3. The Morgan fingerprint density at radius 1 is 1.55 bits per heavy atom. The van der Waals surface area contributed by atoms with Crippen LogP contribution in [0.4, 0.5) is 5.82 Å². The predicted molar refractivity (Wildman–Crippen MR) is 80.9 cm³/mol. The summed E-state index contributed by atoms with van der Waals surface area (Å²) in [6, 6.07) is 4.15. The van der Waals surface area contributed by atoms with Crippen LogP contribution in [0.3, 0.4) is 0 Å². The molecule has 110 valence electrons. The number of anilines is 1. The van der Waals surface area contributed by atoms with E-state index in [0.717, 1.165) is 31.7 Å². The van der Waals surface area contributed by atoms with E-state index < -0.39 is 0 Å². The minimum absolute atomic E-state index is 0.225. The van der Waals surface area contributed by atoms with Crippen LogP contribution in [0.25, 0.3) is 0 Å². The summed E-state index contributed by atoms with van der Waals surface area (Å²) in [7, 11) is 5.74. The lowest BCUT2D eigenvalue weighted by atomic mass is 9.91. The maximum absolute atomic E-state index is 12.2. The van der Waals surface area contributed by atoms with Crippen LogP contribution in [-0.4, -0.2) is 61.5 Å². The average molecular weight is 276 g/mol. The van der Waals surface area contributed by atoms with E-state index in [1.165, 1.54) is 5.56 Å². The lowest BCUT2D eigenvalue weighted by Gasteiger charge is -2.33. The molecule has 1 aromatic heterocycles. The molecule has 5 heteroatoms. The number of likely N-dealkylation sites (N-methyl/N-ethyl adjacent to an activating group) is 1. The van der Waals surface area contributed by atoms with Crippen molar-refractivity contribution in [1.29, 1.82) is 0 Å². The van der Waals surface area contributed by atoms with E-state index in [1.54, 1.807) is 0 Å². The fourth-order valence-corrected chi connectivity index (χ4v) is 2.68. The standard InChI is InChI=1S/C15H24N4O/c1-16-14-9-12(6-7-17-14)13-5-4-8-19(10-13)15(20)11-18(2)3/h6-7,9,13H,4-5,8,10-11H2,1-3H3,(H,16,17)/t13-/m1/s1. The van der Waals surface area contributed by atoms with Crippen molar-refractivity contribution in [3.05, 3.63) is 23.9 Å². The SMILES string of the molecule is CNc1cc([C@@H]2CCCN(C(=O)CN(C)C)C2)ccn1. The van der Waals surface area contributed by atoms with Crippen molar-refractivity contribution >= 4 is 11.7 Å². The predicted octanol–water partition coefficient (Wildman–Crippen LogP) is 1.39. The van der Waals surface area contributed by atoms with E-state index in [-0.39, 0.29) is 5.91 Å². The summed E-state index contributed by atoms with van der Waals surface area (Å²) in [5, 5.41) is 3.07. The normalized spacial score (nSPS) is 19.2. The molecule has 2 heterocycles. The summed E-state index contributed by atoms with van der Waals surface area (Å²) >= 11 is 0. The highest BCUT2D eigenvalue weighted by atomic mass is 16.2. The van der Waals surface area contributed by atoms with Crippen LogP contribution < -0.4 is 5.32 Å². The highest BCUT2D eigenvalue weighted by molar-refractivity contribution is 5.78. The number of carbonyl (C=O) groups is 1. The lowest BCUT2D eigenvalue weighted by molar-refractivity contribution is -0.133. The van der Waals surface area contributed by atoms with Crippen LogP contribution in [-0.2, 0) is 4.79 Å². The number of aromatic nitrogens is 1. The number of rotatable bonds is 4. The van der Waals surface area contributed by atoms with Crippen molar-refractivity contribution in [2.45, 2.75) is 18.8 Å². The fourth-order valence-electron chi connectivity index (χ4n) is 2.68. The van der Waals surface area contributed by atoms with Gasteiger partial charge in [-0.25, -0.2) is 4.98 Å². The molecule has 1 aliphatic heterocycles. The second-order valence-electron chi connectivity index (χ2n) is 5.64. The van der Waals surface area contributed by atoms with Gasteiger partial charge in [0, 0.05) is 32.3 Å². The number of amides is 1. The summed E-state index contributed by atoms with van der Waals surface area (Å²) < 4.78 is 0. The molecule has 1 amide bonds. The van der Waals surface area contributed by atoms with Crippen LogP contribution in [0, 0.1) is 0 Å². The number of piperidine rings is 1. The summed E-state index contributed by atoms with van der Waals surface area (Å²) in [5.74, 6) is 1.53. The number of hydrogen-bond donors (Lipinski definition) is 1. The van der Waals surface area contributed by atoms with Gasteiger partial charge in [-0.3, -0.25) is 4.79 Å². The molecule has 5 nitrogen and oxygen atoms in total. The Hall–Kier alpha value is -1.62. The molecule has 0 unspecified atom stereocenters. The van der Waals surface area contributed by atoms with E-state index in [9.17, 15) is 4.79 Å². The molecule has 0 aliphatic carbocycles. The van der Waals surface area contributed by atoms with E-state index >= 15 is 0 Å². The maximum atomic E-state index is 12.2. The highest BCUT2D eigenvalue weighted by Crippen LogP contribution is 2.27. The molecule has 0 radical (unpaired) electrons. The van der Waals surface area contributed by atoms with Crippen LogP contribution in [0.1, 0.15) is 24.3 Å². The first-order chi connectivity index (χ1) is 9.60. The van der Waals surface area contributed by atoms with Gasteiger partial charge in [-0.2, -0.15) is 0 Å². The van der Waals surface area contributed by atoms with Crippen molar-refractivity contribution < 1.29 is 4.79 Å². The van der Waals surface area contributed by atoms with Gasteiger partial charge in [0.05, 0.1) is 6.54 Å². The summed E-state index contributed by atoms with van der Waals surface area (Å²) in [6.45, 7) is 2.19. The van der Waals surface area contributed by atoms with Crippen molar-refractivity contribution in [3.63, 3.8) is 0 Å². The Morgan fingerprint density at radius 3 is 3.05 bits per heavy atom. The fraction of sp³-hybridized carbons (Fsp3) is 0.600. The van der Waals surface area contributed by atoms with Crippen LogP contribution in [0.15, 0.2) is 18.3 Å². The second-order valence-corrected chi connectivity index (χ2v) is 5.64. The maximum Gasteiger partial charge on any atom is 0.236 e. The van der Waals surface area contributed by atoms with E-state index in [1.807, 2.05) is 37.1 Å². The Bertz CT molecular complexity index is 461. The highest BCUT2D eigenvalue weighted by Gasteiger charge is 2.25. The zero-order valence-corrected chi connectivity index (χ0v) is 12.6. The quantitative estimate of drug-likeness (QED) is 0.903. The van der Waals surface area contributed by atoms with Gasteiger partial charge in [-0.15, -0.1) is 0 Å². The minimum Gasteiger partial charge on any atom is -0.373 e. The topological polar surface area (TPSA) is 48.5 Å². The molecule has 1 fully saturated rings. The molecule has 1 aliphatic rings. The molecular weight excluding hydrogens is 252 g/mol. The van der Waals surface area contributed by atoms with Crippen molar-refractivity contribution in [1.82, 2.24) is 14.8 Å². The number of carbonyl (C=O) groups excluding carboxylic acids is 1. The zero-order chi connectivity index (χ0) is 14.5. The number of nitrogens with one attached hydrogen (secondary N) is 1. The first kappa shape index (κ1) is 14.8. The number of pyridine rings is 1. The molecule has 0 aromatic carbocycles. The number of nitrogens with zero attached hydrogens (tertiary/aromatic N) is 3. The van der Waals surface area contributed by atoms with Gasteiger partial charge in [0.2, 0.25) is 5.91 Å². The molecule has 0 saturated carbocycles. The molecule has 0 spiro atoms. The summed E-state index contributed by atoms with van der Waals surface area (Å²) in [6.07, 6.45) is 4.04. The third-order valence-electron chi connectivity index (χ3n) is 3.74. The van der Waals surface area contributed by atoms with Gasteiger partial charge in [0.1, 0.15) is 5.82 Å². The van der Waals surface area contributed by atoms with Crippen molar-refractivity contribution in [2.75, 3.05) is 46.1 Å². The van der Waals surface area contributed by atoms with E-state index in [2.05, 4.69) is 22.4 Å². The second kappa shape index (κ2) is 6.70. The Balaban J connectivity index is 2.04. The molecule has 1 N–H and O–H groups in total. The molecule has 1 saturated heterocycles. The largest absolute Gasteiger partial charge is 0.373 e. The first-order valence-electron chi connectivity index (χ1n) is 7.16. The van der Waals surface area contributed by atoms with E-state index in [0.29, 0.717) is 12.5 Å². The molecule has 1 atom stereocenters. The summed E-state index contributed by atoms with van der Waals surface area (Å²) in [5.41, 5.74) is 1.27. The minimum atomic E-state index is 0.225. The van der Waals surface area contributed by atoms with Crippen LogP contribution >= 0.6 is 0 Å². The first-order valence-corrected chi connectivity index (χ1v) is 7.16. The smallest absolute Gasteiger partial charge is 0.236 e. The molecule has 20 heavy (non-hydrogen) atoms. The van der Waals surface area contributed by atoms with Crippen molar-refractivity contribution in [3.8, 4) is 0 Å². The van der Waals surface area contributed by atoms with Crippen LogP contribution in [0.5, 0.6) is 0 Å². The van der Waals surface area contributed by atoms with E-state index in [4.69, 9.17) is 0 Å². The number of likely N-dealkylation sites (tertiary alicyclic amines) is 1. The van der Waals surface area contributed by atoms with Gasteiger partial charge < -0.3 is 15.1 Å². The Kier molecular flexibility index (Phi) is 4.95. The van der Waals surface area contributed by atoms with Gasteiger partial charge in [-0.05, 0) is 44.6 Å².